The van der Waals surface area contributed by atoms with Gasteiger partial charge in [-0.3, -0.25) is 19.7 Å². The number of carbonyl (C=O) groups is 2. The van der Waals surface area contributed by atoms with E-state index in [0.717, 1.165) is 5.56 Å². The third-order valence-corrected chi connectivity index (χ3v) is 5.11. The standard InChI is InChI=1S/C23H17N3O5/c27-21(16-7-2-1-3-8-16)19-20(17-9-4-10-18(12-17)26(30)31)25(23(29)22(19)28)14-15-6-5-11-24-13-15/h1-13,20,27H,14H2/p+1. The van der Waals surface area contributed by atoms with Crippen molar-refractivity contribution in [2.45, 2.75) is 12.6 Å². The van der Waals surface area contributed by atoms with Gasteiger partial charge in [0, 0.05) is 29.3 Å². The van der Waals surface area contributed by atoms with Crippen LogP contribution in [0.3, 0.4) is 0 Å². The number of nitro benzene ring substituents is 1. The molecule has 1 unspecified atom stereocenters. The molecule has 31 heavy (non-hydrogen) atoms. The number of Topliss-reactive ketones (excluding diaryl/α,β-unsaturated/α-hetero) is 1. The highest BCUT2D eigenvalue weighted by molar-refractivity contribution is 6.46. The van der Waals surface area contributed by atoms with E-state index in [1.165, 1.54) is 23.1 Å². The molecule has 0 bridgehead atoms. The third-order valence-electron chi connectivity index (χ3n) is 5.11. The monoisotopic (exact) mass is 416 g/mol. The molecule has 2 heterocycles. The summed E-state index contributed by atoms with van der Waals surface area (Å²) in [5.41, 5.74) is 1.21. The Kier molecular flexibility index (Phi) is 5.28. The molecular weight excluding hydrogens is 398 g/mol. The Bertz CT molecular complexity index is 1190. The Morgan fingerprint density at radius 2 is 1.84 bits per heavy atom. The number of benzene rings is 2. The van der Waals surface area contributed by atoms with Crippen LogP contribution in [0.2, 0.25) is 0 Å². The number of ketones is 1. The second-order valence-electron chi connectivity index (χ2n) is 7.06. The molecule has 0 radical (unpaired) electrons. The summed E-state index contributed by atoms with van der Waals surface area (Å²) in [4.78, 5) is 40.9. The SMILES string of the molecule is O=C1C(=O)N(Cc2ccc[nH+]c2)C(c2cccc([N+](=O)[O-])c2)C1=C(O)c1ccccc1. The summed E-state index contributed by atoms with van der Waals surface area (Å²) in [6, 6.07) is 16.7. The van der Waals surface area contributed by atoms with Gasteiger partial charge < -0.3 is 10.0 Å². The van der Waals surface area contributed by atoms with Crippen LogP contribution < -0.4 is 4.98 Å². The predicted octanol–water partition coefficient (Wildman–Crippen LogP) is 3.03. The molecule has 0 spiro atoms. The van der Waals surface area contributed by atoms with E-state index in [1.807, 2.05) is 0 Å². The van der Waals surface area contributed by atoms with Gasteiger partial charge in [0.05, 0.1) is 23.1 Å². The summed E-state index contributed by atoms with van der Waals surface area (Å²) < 4.78 is 0. The Hall–Kier alpha value is -4.33. The normalized spacial score (nSPS) is 17.7. The number of nitro groups is 1. The summed E-state index contributed by atoms with van der Waals surface area (Å²) >= 11 is 0. The summed E-state index contributed by atoms with van der Waals surface area (Å²) in [6.45, 7) is 0.0842. The molecule has 1 aromatic heterocycles. The second kappa shape index (κ2) is 8.19. The average molecular weight is 416 g/mol. The molecule has 8 nitrogen and oxygen atoms in total. The van der Waals surface area contributed by atoms with E-state index in [-0.39, 0.29) is 23.6 Å². The summed E-state index contributed by atoms with van der Waals surface area (Å²) in [5, 5.41) is 22.2. The number of aromatic amines is 1. The maximum Gasteiger partial charge on any atom is 0.295 e. The third kappa shape index (κ3) is 3.78. The highest BCUT2D eigenvalue weighted by Crippen LogP contribution is 2.40. The molecule has 4 rings (SSSR count). The average Bonchev–Trinajstić information content (AvgIpc) is 3.05. The first kappa shape index (κ1) is 20.0. The maximum atomic E-state index is 13.0. The van der Waals surface area contributed by atoms with E-state index in [2.05, 4.69) is 4.98 Å². The van der Waals surface area contributed by atoms with Crippen LogP contribution in [-0.4, -0.2) is 26.6 Å². The number of aliphatic hydroxyl groups is 1. The zero-order valence-electron chi connectivity index (χ0n) is 16.3. The van der Waals surface area contributed by atoms with Gasteiger partial charge in [-0.2, -0.15) is 0 Å². The fourth-order valence-electron chi connectivity index (χ4n) is 3.68. The number of pyridine rings is 1. The smallest absolute Gasteiger partial charge is 0.295 e. The highest BCUT2D eigenvalue weighted by Gasteiger charge is 2.46. The van der Waals surface area contributed by atoms with Crippen molar-refractivity contribution in [3.8, 4) is 0 Å². The van der Waals surface area contributed by atoms with Crippen molar-refractivity contribution in [2.75, 3.05) is 0 Å². The van der Waals surface area contributed by atoms with Crippen LogP contribution in [0, 0.1) is 10.1 Å². The second-order valence-corrected chi connectivity index (χ2v) is 7.06. The topological polar surface area (TPSA) is 115 Å². The molecule has 0 saturated carbocycles. The molecule has 2 aromatic carbocycles. The van der Waals surface area contributed by atoms with E-state index < -0.39 is 22.7 Å². The summed E-state index contributed by atoms with van der Waals surface area (Å²) in [6.07, 6.45) is 3.41. The van der Waals surface area contributed by atoms with E-state index in [4.69, 9.17) is 0 Å². The Morgan fingerprint density at radius 3 is 2.52 bits per heavy atom. The van der Waals surface area contributed by atoms with Crippen LogP contribution >= 0.6 is 0 Å². The van der Waals surface area contributed by atoms with Crippen molar-refractivity contribution in [3.05, 3.63) is 112 Å². The molecule has 3 aromatic rings. The molecule has 154 valence electrons. The molecule has 1 fully saturated rings. The van der Waals surface area contributed by atoms with E-state index in [0.29, 0.717) is 11.1 Å². The largest absolute Gasteiger partial charge is 0.507 e. The predicted molar refractivity (Wildman–Crippen MR) is 110 cm³/mol. The van der Waals surface area contributed by atoms with Crippen molar-refractivity contribution in [3.63, 3.8) is 0 Å². The number of carbonyl (C=O) groups excluding carboxylic acids is 2. The van der Waals surface area contributed by atoms with Gasteiger partial charge >= 0.3 is 0 Å². The Morgan fingerprint density at radius 1 is 1.06 bits per heavy atom. The van der Waals surface area contributed by atoms with E-state index in [1.54, 1.807) is 60.9 Å². The zero-order valence-corrected chi connectivity index (χ0v) is 16.3. The molecular formula is C23H18N3O5+. The molecule has 0 aliphatic carbocycles. The maximum absolute atomic E-state index is 13.0. The van der Waals surface area contributed by atoms with Crippen LogP contribution in [0.25, 0.3) is 5.76 Å². The van der Waals surface area contributed by atoms with Crippen molar-refractivity contribution in [1.82, 2.24) is 4.90 Å². The van der Waals surface area contributed by atoms with Gasteiger partial charge in [0.25, 0.3) is 17.4 Å². The first-order chi connectivity index (χ1) is 15.0. The molecule has 1 saturated heterocycles. The van der Waals surface area contributed by atoms with Gasteiger partial charge in [0.1, 0.15) is 5.76 Å². The molecule has 1 aliphatic heterocycles. The number of rotatable bonds is 5. The molecule has 8 heteroatoms. The van der Waals surface area contributed by atoms with Gasteiger partial charge in [-0.15, -0.1) is 0 Å². The fourth-order valence-corrected chi connectivity index (χ4v) is 3.68. The first-order valence-electron chi connectivity index (χ1n) is 9.50. The van der Waals surface area contributed by atoms with Crippen LogP contribution in [0.4, 0.5) is 5.69 Å². The van der Waals surface area contributed by atoms with Gasteiger partial charge in [-0.1, -0.05) is 42.5 Å². The van der Waals surface area contributed by atoms with Gasteiger partial charge in [-0.05, 0) is 11.6 Å². The van der Waals surface area contributed by atoms with Gasteiger partial charge in [-0.25, -0.2) is 4.98 Å². The van der Waals surface area contributed by atoms with Crippen LogP contribution in [0.1, 0.15) is 22.7 Å². The minimum atomic E-state index is -0.972. The number of amides is 1. The number of aliphatic hydroxyl groups excluding tert-OH is 1. The lowest BCUT2D eigenvalue weighted by Gasteiger charge is -2.24. The lowest BCUT2D eigenvalue weighted by molar-refractivity contribution is -0.385. The minimum Gasteiger partial charge on any atom is -0.507 e. The molecule has 1 amide bonds. The fraction of sp³-hybridized carbons (Fsp3) is 0.0870. The Balaban J connectivity index is 1.89. The lowest BCUT2D eigenvalue weighted by Crippen LogP contribution is -2.29. The summed E-state index contributed by atoms with van der Waals surface area (Å²) in [7, 11) is 0. The molecule has 1 aliphatic rings. The van der Waals surface area contributed by atoms with Crippen molar-refractivity contribution in [2.24, 2.45) is 0 Å². The van der Waals surface area contributed by atoms with Gasteiger partial charge in [0.15, 0.2) is 12.4 Å². The quantitative estimate of drug-likeness (QED) is 0.226. The highest BCUT2D eigenvalue weighted by atomic mass is 16.6. The number of nitrogens with one attached hydrogen (secondary N) is 1. The summed E-state index contributed by atoms with van der Waals surface area (Å²) in [5.74, 6) is -1.94. The van der Waals surface area contributed by atoms with Crippen LogP contribution in [0.15, 0.2) is 84.7 Å². The number of non-ortho nitro benzene ring substituents is 1. The number of nitrogens with zero attached hydrogens (tertiary/aromatic N) is 2. The van der Waals surface area contributed by atoms with E-state index >= 15 is 0 Å². The lowest BCUT2D eigenvalue weighted by atomic mass is 9.95. The first-order valence-corrected chi connectivity index (χ1v) is 9.50. The van der Waals surface area contributed by atoms with E-state index in [9.17, 15) is 24.8 Å². The minimum absolute atomic E-state index is 0.0842. The van der Waals surface area contributed by atoms with Gasteiger partial charge in [0.2, 0.25) is 0 Å². The van der Waals surface area contributed by atoms with Crippen LogP contribution in [-0.2, 0) is 16.1 Å². The molecule has 2 N–H and O–H groups in total. The number of hydrogen-bond acceptors (Lipinski definition) is 5. The van der Waals surface area contributed by atoms with Crippen molar-refractivity contribution in [1.29, 1.82) is 0 Å². The Labute approximate surface area is 177 Å². The molecule has 1 atom stereocenters. The number of hydrogen-bond donors (Lipinski definition) is 1. The number of H-pyrrole nitrogens is 1. The van der Waals surface area contributed by atoms with Crippen molar-refractivity contribution >= 4 is 23.1 Å². The van der Waals surface area contributed by atoms with Crippen molar-refractivity contribution < 1.29 is 24.6 Å². The zero-order chi connectivity index (χ0) is 22.0. The van der Waals surface area contributed by atoms with Crippen LogP contribution in [0.5, 0.6) is 0 Å². The number of likely N-dealkylation sites (tertiary alicyclic amines) is 1. The number of aromatic nitrogens is 1.